The first-order valence-corrected chi connectivity index (χ1v) is 6.58. The van der Waals surface area contributed by atoms with Gasteiger partial charge in [-0.15, -0.1) is 0 Å². The van der Waals surface area contributed by atoms with Crippen molar-refractivity contribution in [2.24, 2.45) is 7.05 Å². The van der Waals surface area contributed by atoms with E-state index in [1.165, 1.54) is 0 Å². The zero-order valence-electron chi connectivity index (χ0n) is 11.2. The summed E-state index contributed by atoms with van der Waals surface area (Å²) in [7, 11) is 1.92. The Labute approximate surface area is 113 Å². The monoisotopic (exact) mass is 260 g/mol. The molecule has 2 aromatic rings. The molecule has 0 amide bonds. The average Bonchev–Trinajstić information content (AvgIpc) is 2.83. The zero-order valence-corrected chi connectivity index (χ0v) is 11.2. The molecule has 4 heteroatoms. The summed E-state index contributed by atoms with van der Waals surface area (Å²) in [5, 5.41) is 14.0. The second kappa shape index (κ2) is 6.95. The number of hydrogen-bond acceptors (Lipinski definition) is 3. The van der Waals surface area contributed by atoms with Gasteiger partial charge in [-0.25, -0.2) is 0 Å². The van der Waals surface area contributed by atoms with Crippen LogP contribution in [0.3, 0.4) is 0 Å². The van der Waals surface area contributed by atoms with Gasteiger partial charge in [-0.1, -0.05) is 18.2 Å². The number of aliphatic hydroxyl groups excluding tert-OH is 1. The maximum Gasteiger partial charge on any atom is 0.119 e. The summed E-state index contributed by atoms with van der Waals surface area (Å²) in [5.41, 5.74) is 1.14. The SMILES string of the molecule is Cn1nccc1CCC(O)CCOc1ccccc1. The number of nitrogens with zero attached hydrogens (tertiary/aromatic N) is 2. The molecular formula is C15H20N2O2. The van der Waals surface area contributed by atoms with Crippen LogP contribution < -0.4 is 4.74 Å². The number of benzene rings is 1. The van der Waals surface area contributed by atoms with E-state index in [0.717, 1.165) is 24.3 Å². The number of para-hydroxylation sites is 1. The predicted molar refractivity (Wildman–Crippen MR) is 74.1 cm³/mol. The van der Waals surface area contributed by atoms with Crippen molar-refractivity contribution >= 4 is 0 Å². The van der Waals surface area contributed by atoms with Crippen molar-refractivity contribution in [3.63, 3.8) is 0 Å². The molecule has 0 aliphatic heterocycles. The van der Waals surface area contributed by atoms with Gasteiger partial charge in [-0.3, -0.25) is 4.68 Å². The summed E-state index contributed by atoms with van der Waals surface area (Å²) in [6.07, 6.45) is 3.66. The van der Waals surface area contributed by atoms with Gasteiger partial charge in [0, 0.05) is 25.4 Å². The quantitative estimate of drug-likeness (QED) is 0.830. The molecule has 0 bridgehead atoms. The van der Waals surface area contributed by atoms with E-state index < -0.39 is 0 Å². The molecule has 1 heterocycles. The van der Waals surface area contributed by atoms with Crippen molar-refractivity contribution in [3.8, 4) is 5.75 Å². The normalized spacial score (nSPS) is 12.3. The van der Waals surface area contributed by atoms with Gasteiger partial charge in [0.25, 0.3) is 0 Å². The van der Waals surface area contributed by atoms with E-state index in [4.69, 9.17) is 4.74 Å². The molecule has 2 rings (SSSR count). The molecular weight excluding hydrogens is 240 g/mol. The van der Waals surface area contributed by atoms with Crippen LogP contribution in [0.15, 0.2) is 42.6 Å². The lowest BCUT2D eigenvalue weighted by Gasteiger charge is -2.11. The average molecular weight is 260 g/mol. The van der Waals surface area contributed by atoms with Crippen LogP contribution in [-0.4, -0.2) is 27.6 Å². The smallest absolute Gasteiger partial charge is 0.119 e. The number of ether oxygens (including phenoxy) is 1. The molecule has 1 aromatic heterocycles. The summed E-state index contributed by atoms with van der Waals surface area (Å²) >= 11 is 0. The first-order chi connectivity index (χ1) is 9.25. The van der Waals surface area contributed by atoms with Gasteiger partial charge in [0.15, 0.2) is 0 Å². The summed E-state index contributed by atoms with van der Waals surface area (Å²) in [6.45, 7) is 0.538. The molecule has 4 nitrogen and oxygen atoms in total. The highest BCUT2D eigenvalue weighted by Gasteiger charge is 2.07. The van der Waals surface area contributed by atoms with Gasteiger partial charge >= 0.3 is 0 Å². The van der Waals surface area contributed by atoms with Crippen LogP contribution in [0.1, 0.15) is 18.5 Å². The minimum atomic E-state index is -0.335. The highest BCUT2D eigenvalue weighted by Crippen LogP contribution is 2.10. The van der Waals surface area contributed by atoms with E-state index in [0.29, 0.717) is 13.0 Å². The number of aryl methyl sites for hydroxylation is 2. The number of rotatable bonds is 7. The van der Waals surface area contributed by atoms with Gasteiger partial charge in [-0.2, -0.15) is 5.10 Å². The van der Waals surface area contributed by atoms with Crippen LogP contribution in [0.25, 0.3) is 0 Å². The minimum Gasteiger partial charge on any atom is -0.493 e. The van der Waals surface area contributed by atoms with Crippen molar-refractivity contribution in [1.82, 2.24) is 9.78 Å². The molecule has 0 aliphatic carbocycles. The molecule has 0 spiro atoms. The second-order valence-electron chi connectivity index (χ2n) is 4.59. The molecule has 0 aliphatic rings. The van der Waals surface area contributed by atoms with Gasteiger partial charge in [-0.05, 0) is 31.0 Å². The van der Waals surface area contributed by atoms with Crippen LogP contribution in [0.5, 0.6) is 5.75 Å². The van der Waals surface area contributed by atoms with Gasteiger partial charge in [0.2, 0.25) is 0 Å². The topological polar surface area (TPSA) is 47.3 Å². The van der Waals surface area contributed by atoms with Crippen LogP contribution in [-0.2, 0) is 13.5 Å². The highest BCUT2D eigenvalue weighted by molar-refractivity contribution is 5.20. The molecule has 0 saturated carbocycles. The van der Waals surface area contributed by atoms with E-state index in [1.807, 2.05) is 48.1 Å². The van der Waals surface area contributed by atoms with Crippen molar-refractivity contribution in [2.75, 3.05) is 6.61 Å². The maximum atomic E-state index is 9.91. The van der Waals surface area contributed by atoms with Crippen molar-refractivity contribution in [1.29, 1.82) is 0 Å². The lowest BCUT2D eigenvalue weighted by atomic mass is 10.1. The van der Waals surface area contributed by atoms with Crippen LogP contribution in [0, 0.1) is 0 Å². The molecule has 102 valence electrons. The van der Waals surface area contributed by atoms with Crippen LogP contribution in [0.2, 0.25) is 0 Å². The lowest BCUT2D eigenvalue weighted by molar-refractivity contribution is 0.130. The van der Waals surface area contributed by atoms with E-state index in [-0.39, 0.29) is 6.10 Å². The molecule has 1 unspecified atom stereocenters. The molecule has 0 radical (unpaired) electrons. The summed E-state index contributed by atoms with van der Waals surface area (Å²) in [4.78, 5) is 0. The van der Waals surface area contributed by atoms with Crippen molar-refractivity contribution in [2.45, 2.75) is 25.4 Å². The summed E-state index contributed by atoms with van der Waals surface area (Å²) < 4.78 is 7.40. The van der Waals surface area contributed by atoms with E-state index in [9.17, 15) is 5.11 Å². The van der Waals surface area contributed by atoms with Crippen LogP contribution >= 0.6 is 0 Å². The third-order valence-electron chi connectivity index (χ3n) is 3.12. The molecule has 1 aromatic carbocycles. The second-order valence-corrected chi connectivity index (χ2v) is 4.59. The van der Waals surface area contributed by atoms with Crippen molar-refractivity contribution in [3.05, 3.63) is 48.3 Å². The fourth-order valence-electron chi connectivity index (χ4n) is 1.93. The number of aliphatic hydroxyl groups is 1. The Hall–Kier alpha value is -1.81. The zero-order chi connectivity index (χ0) is 13.5. The fraction of sp³-hybridized carbons (Fsp3) is 0.400. The van der Waals surface area contributed by atoms with E-state index >= 15 is 0 Å². The van der Waals surface area contributed by atoms with Crippen LogP contribution in [0.4, 0.5) is 0 Å². The Morgan fingerprint density at radius 1 is 1.21 bits per heavy atom. The molecule has 0 fully saturated rings. The molecule has 1 N–H and O–H groups in total. The Bertz CT molecular complexity index is 482. The largest absolute Gasteiger partial charge is 0.493 e. The van der Waals surface area contributed by atoms with Gasteiger partial charge < -0.3 is 9.84 Å². The first kappa shape index (κ1) is 13.6. The Kier molecular flexibility index (Phi) is 4.98. The molecule has 1 atom stereocenters. The van der Waals surface area contributed by atoms with Crippen molar-refractivity contribution < 1.29 is 9.84 Å². The lowest BCUT2D eigenvalue weighted by Crippen LogP contribution is -2.13. The Morgan fingerprint density at radius 2 is 2.00 bits per heavy atom. The minimum absolute atomic E-state index is 0.335. The summed E-state index contributed by atoms with van der Waals surface area (Å²) in [5.74, 6) is 0.848. The standard InChI is InChI=1S/C15H20N2O2/c1-17-13(9-11-16-17)7-8-14(18)10-12-19-15-5-3-2-4-6-15/h2-6,9,11,14,18H,7-8,10,12H2,1H3. The predicted octanol–water partition coefficient (Wildman–Crippen LogP) is 2.18. The van der Waals surface area contributed by atoms with Gasteiger partial charge in [0.05, 0.1) is 12.7 Å². The molecule has 0 saturated heterocycles. The van der Waals surface area contributed by atoms with E-state index in [1.54, 1.807) is 6.20 Å². The fourth-order valence-corrected chi connectivity index (χ4v) is 1.93. The third kappa shape index (κ3) is 4.41. The number of hydrogen-bond donors (Lipinski definition) is 1. The third-order valence-corrected chi connectivity index (χ3v) is 3.12. The molecule has 19 heavy (non-hydrogen) atoms. The highest BCUT2D eigenvalue weighted by atomic mass is 16.5. The maximum absolute atomic E-state index is 9.91. The first-order valence-electron chi connectivity index (χ1n) is 6.58. The van der Waals surface area contributed by atoms with Gasteiger partial charge in [0.1, 0.15) is 5.75 Å². The Balaban J connectivity index is 1.65. The Morgan fingerprint density at radius 3 is 2.68 bits per heavy atom. The summed E-state index contributed by atoms with van der Waals surface area (Å²) in [6, 6.07) is 11.6. The number of aromatic nitrogens is 2. The van der Waals surface area contributed by atoms with E-state index in [2.05, 4.69) is 5.10 Å².